The zero-order valence-corrected chi connectivity index (χ0v) is 15.0. The first-order chi connectivity index (χ1) is 9.01. The molecule has 7 heteroatoms. The molecule has 0 spiro atoms. The molecule has 1 aliphatic carbocycles. The Labute approximate surface area is 143 Å². The van der Waals surface area contributed by atoms with E-state index in [1.165, 1.54) is 6.42 Å². The highest BCUT2D eigenvalue weighted by molar-refractivity contribution is 7.09. The summed E-state index contributed by atoms with van der Waals surface area (Å²) in [6.45, 7) is 4.73. The van der Waals surface area contributed by atoms with Crippen LogP contribution in [-0.4, -0.2) is 16.4 Å². The Morgan fingerprint density at radius 3 is 2.52 bits per heavy atom. The molecule has 1 fully saturated rings. The Balaban J connectivity index is 0.00000200. The number of nitrogens with zero attached hydrogens (tertiary/aromatic N) is 1. The summed E-state index contributed by atoms with van der Waals surface area (Å²) in [7, 11) is 0. The summed E-state index contributed by atoms with van der Waals surface area (Å²) in [6, 6.07) is 0. The Kier molecular flexibility index (Phi) is 8.78. The molecule has 1 aromatic heterocycles. The second-order valence-corrected chi connectivity index (χ2v) is 6.66. The number of thiazole rings is 1. The molecule has 1 saturated carbocycles. The molecule has 2 rings (SSSR count). The van der Waals surface area contributed by atoms with Crippen molar-refractivity contribution in [1.29, 1.82) is 0 Å². The van der Waals surface area contributed by atoms with E-state index in [2.05, 4.69) is 29.5 Å². The molecular weight excluding hydrogens is 329 g/mol. The van der Waals surface area contributed by atoms with E-state index in [1.54, 1.807) is 11.3 Å². The number of nitrogens with two attached hydrogens (primary N) is 1. The van der Waals surface area contributed by atoms with Crippen LogP contribution in [0.2, 0.25) is 0 Å². The molecule has 21 heavy (non-hydrogen) atoms. The van der Waals surface area contributed by atoms with Crippen molar-refractivity contribution in [2.24, 2.45) is 5.73 Å². The predicted molar refractivity (Wildman–Crippen MR) is 92.5 cm³/mol. The largest absolute Gasteiger partial charge is 0.348 e. The third-order valence-electron chi connectivity index (χ3n) is 3.76. The highest BCUT2D eigenvalue weighted by Gasteiger charge is 2.34. The monoisotopic (exact) mass is 353 g/mol. The van der Waals surface area contributed by atoms with Gasteiger partial charge in [0.15, 0.2) is 0 Å². The fourth-order valence-corrected chi connectivity index (χ4v) is 3.31. The van der Waals surface area contributed by atoms with Gasteiger partial charge >= 0.3 is 0 Å². The summed E-state index contributed by atoms with van der Waals surface area (Å²) in [6.07, 6.45) is 4.90. The molecule has 0 radical (unpaired) electrons. The van der Waals surface area contributed by atoms with Crippen LogP contribution >= 0.6 is 36.2 Å². The van der Waals surface area contributed by atoms with Crippen molar-refractivity contribution < 1.29 is 4.79 Å². The minimum Gasteiger partial charge on any atom is -0.348 e. The number of halogens is 2. The summed E-state index contributed by atoms with van der Waals surface area (Å²) in [5.74, 6) is 0.411. The maximum absolute atomic E-state index is 12.2. The van der Waals surface area contributed by atoms with Gasteiger partial charge in [-0.2, -0.15) is 0 Å². The second-order valence-electron chi connectivity index (χ2n) is 5.72. The third kappa shape index (κ3) is 5.40. The van der Waals surface area contributed by atoms with Crippen molar-refractivity contribution in [3.8, 4) is 0 Å². The number of aromatic nitrogens is 1. The van der Waals surface area contributed by atoms with Gasteiger partial charge in [-0.3, -0.25) is 4.79 Å². The lowest BCUT2D eigenvalue weighted by Gasteiger charge is -2.31. The SMILES string of the molecule is CC(C)c1csc(CNC(=O)C2(N)CCCCC2)n1.Cl.Cl. The van der Waals surface area contributed by atoms with E-state index in [0.29, 0.717) is 12.5 Å². The minimum atomic E-state index is -0.656. The van der Waals surface area contributed by atoms with Crippen LogP contribution in [0.3, 0.4) is 0 Å². The zero-order valence-electron chi connectivity index (χ0n) is 12.6. The van der Waals surface area contributed by atoms with Crippen molar-refractivity contribution in [3.05, 3.63) is 16.1 Å². The molecule has 0 saturated heterocycles. The Morgan fingerprint density at radius 2 is 2.00 bits per heavy atom. The standard InChI is InChI=1S/C14H23N3OS.2ClH/c1-10(2)11-9-19-12(17-11)8-16-13(18)14(15)6-4-3-5-7-14;;/h9-10H,3-8,15H2,1-2H3,(H,16,18);2*1H. The molecule has 0 unspecified atom stereocenters. The lowest BCUT2D eigenvalue weighted by atomic mass is 9.82. The van der Waals surface area contributed by atoms with Crippen LogP contribution in [0.15, 0.2) is 5.38 Å². The van der Waals surface area contributed by atoms with Crippen LogP contribution in [0.5, 0.6) is 0 Å². The molecule has 1 amide bonds. The van der Waals surface area contributed by atoms with Gasteiger partial charge in [0, 0.05) is 5.38 Å². The highest BCUT2D eigenvalue weighted by Crippen LogP contribution is 2.26. The van der Waals surface area contributed by atoms with E-state index in [1.807, 2.05) is 0 Å². The van der Waals surface area contributed by atoms with Gasteiger partial charge in [0.25, 0.3) is 0 Å². The number of rotatable bonds is 4. The molecule has 3 N–H and O–H groups in total. The van der Waals surface area contributed by atoms with Crippen LogP contribution in [0.25, 0.3) is 0 Å². The van der Waals surface area contributed by atoms with Gasteiger partial charge in [-0.15, -0.1) is 36.2 Å². The van der Waals surface area contributed by atoms with Gasteiger partial charge < -0.3 is 11.1 Å². The molecular formula is C14H25Cl2N3OS. The fraction of sp³-hybridized carbons (Fsp3) is 0.714. The highest BCUT2D eigenvalue weighted by atomic mass is 35.5. The summed E-state index contributed by atoms with van der Waals surface area (Å²) < 4.78 is 0. The normalized spacial score (nSPS) is 16.8. The number of hydrogen-bond acceptors (Lipinski definition) is 4. The van der Waals surface area contributed by atoms with Crippen LogP contribution in [0.4, 0.5) is 0 Å². The van der Waals surface area contributed by atoms with Crippen LogP contribution in [0.1, 0.15) is 62.6 Å². The van der Waals surface area contributed by atoms with Crippen molar-refractivity contribution in [2.75, 3.05) is 0 Å². The molecule has 0 bridgehead atoms. The number of carbonyl (C=O) groups excluding carboxylic acids is 1. The molecule has 0 aliphatic heterocycles. The van der Waals surface area contributed by atoms with Gasteiger partial charge in [0.1, 0.15) is 5.01 Å². The Hall–Kier alpha value is -0.360. The van der Waals surface area contributed by atoms with E-state index in [9.17, 15) is 4.79 Å². The van der Waals surface area contributed by atoms with E-state index < -0.39 is 5.54 Å². The zero-order chi connectivity index (χ0) is 13.9. The number of amides is 1. The second kappa shape index (κ2) is 8.93. The number of carbonyl (C=O) groups is 1. The van der Waals surface area contributed by atoms with Gasteiger partial charge in [-0.25, -0.2) is 4.98 Å². The average molecular weight is 354 g/mol. The van der Waals surface area contributed by atoms with E-state index in [0.717, 1.165) is 36.4 Å². The van der Waals surface area contributed by atoms with Crippen molar-refractivity contribution in [3.63, 3.8) is 0 Å². The van der Waals surface area contributed by atoms with Crippen molar-refractivity contribution in [2.45, 2.75) is 64.0 Å². The van der Waals surface area contributed by atoms with Gasteiger partial charge in [0.2, 0.25) is 5.91 Å². The third-order valence-corrected chi connectivity index (χ3v) is 4.63. The minimum absolute atomic E-state index is 0. The van der Waals surface area contributed by atoms with Gasteiger partial charge in [-0.1, -0.05) is 33.1 Å². The van der Waals surface area contributed by atoms with E-state index in [4.69, 9.17) is 5.73 Å². The molecule has 0 atom stereocenters. The predicted octanol–water partition coefficient (Wildman–Crippen LogP) is 3.39. The summed E-state index contributed by atoms with van der Waals surface area (Å²) >= 11 is 1.60. The fourth-order valence-electron chi connectivity index (χ4n) is 2.41. The van der Waals surface area contributed by atoms with Crippen LogP contribution < -0.4 is 11.1 Å². The Morgan fingerprint density at radius 1 is 1.38 bits per heavy atom. The molecule has 0 aromatic carbocycles. The van der Waals surface area contributed by atoms with Gasteiger partial charge in [-0.05, 0) is 18.8 Å². The lowest BCUT2D eigenvalue weighted by Crippen LogP contribution is -2.54. The van der Waals surface area contributed by atoms with E-state index in [-0.39, 0.29) is 30.7 Å². The molecule has 1 aliphatic rings. The first-order valence-corrected chi connectivity index (χ1v) is 7.91. The van der Waals surface area contributed by atoms with Gasteiger partial charge in [0.05, 0.1) is 17.8 Å². The summed E-state index contributed by atoms with van der Waals surface area (Å²) in [5, 5.41) is 5.96. The van der Waals surface area contributed by atoms with E-state index >= 15 is 0 Å². The smallest absolute Gasteiger partial charge is 0.240 e. The maximum atomic E-state index is 12.2. The Bertz CT molecular complexity index is 445. The van der Waals surface area contributed by atoms with Crippen molar-refractivity contribution in [1.82, 2.24) is 10.3 Å². The quantitative estimate of drug-likeness (QED) is 0.871. The topological polar surface area (TPSA) is 68.0 Å². The lowest BCUT2D eigenvalue weighted by molar-refractivity contribution is -0.127. The maximum Gasteiger partial charge on any atom is 0.240 e. The summed E-state index contributed by atoms with van der Waals surface area (Å²) in [4.78, 5) is 16.7. The molecule has 1 aromatic rings. The first kappa shape index (κ1) is 20.6. The van der Waals surface area contributed by atoms with Crippen molar-refractivity contribution >= 4 is 42.1 Å². The molecule has 122 valence electrons. The average Bonchev–Trinajstić information content (AvgIpc) is 2.85. The van der Waals surface area contributed by atoms with Crippen LogP contribution in [0, 0.1) is 0 Å². The molecule has 4 nitrogen and oxygen atoms in total. The van der Waals surface area contributed by atoms with Crippen LogP contribution in [-0.2, 0) is 11.3 Å². The molecule has 1 heterocycles. The number of nitrogens with one attached hydrogen (secondary N) is 1. The first-order valence-electron chi connectivity index (χ1n) is 7.03. The number of hydrogen-bond donors (Lipinski definition) is 2. The summed E-state index contributed by atoms with van der Waals surface area (Å²) in [5.41, 5.74) is 6.63.